The zero-order chi connectivity index (χ0) is 11.0. The molecule has 0 aromatic carbocycles. The summed E-state index contributed by atoms with van der Waals surface area (Å²) in [4.78, 5) is 10.2. The number of hydrogen-bond acceptors (Lipinski definition) is 4. The fourth-order valence-electron chi connectivity index (χ4n) is 0.923. The molecule has 4 heteroatoms. The quantitative estimate of drug-likeness (QED) is 0.591. The Morgan fingerprint density at radius 1 is 1.50 bits per heavy atom. The van der Waals surface area contributed by atoms with Gasteiger partial charge in [-0.3, -0.25) is 0 Å². The third-order valence-corrected chi connectivity index (χ3v) is 1.75. The second-order valence-corrected chi connectivity index (χ2v) is 3.92. The van der Waals surface area contributed by atoms with Crippen molar-refractivity contribution in [2.24, 2.45) is 5.73 Å². The van der Waals surface area contributed by atoms with Crippen LogP contribution in [0.15, 0.2) is 0 Å². The fourth-order valence-corrected chi connectivity index (χ4v) is 0.923. The van der Waals surface area contributed by atoms with Crippen molar-refractivity contribution in [3.05, 3.63) is 0 Å². The topological polar surface area (TPSA) is 61.5 Å². The SMILES string of the molecule is CC(CC=O)OCC(C)(C)OCCN. The van der Waals surface area contributed by atoms with E-state index >= 15 is 0 Å². The molecule has 14 heavy (non-hydrogen) atoms. The summed E-state index contributed by atoms with van der Waals surface area (Å²) in [5.74, 6) is 0. The molecule has 84 valence electrons. The average Bonchev–Trinajstić information content (AvgIpc) is 2.13. The van der Waals surface area contributed by atoms with E-state index in [9.17, 15) is 4.79 Å². The van der Waals surface area contributed by atoms with Gasteiger partial charge in [-0.2, -0.15) is 0 Å². The van der Waals surface area contributed by atoms with E-state index in [-0.39, 0.29) is 11.7 Å². The molecule has 0 heterocycles. The molecule has 0 aliphatic carbocycles. The highest BCUT2D eigenvalue weighted by Gasteiger charge is 2.19. The van der Waals surface area contributed by atoms with Crippen LogP contribution in [-0.4, -0.2) is 37.7 Å². The van der Waals surface area contributed by atoms with Gasteiger partial charge in [0, 0.05) is 13.0 Å². The van der Waals surface area contributed by atoms with Crippen molar-refractivity contribution in [2.45, 2.75) is 38.9 Å². The molecule has 0 bridgehead atoms. The molecular formula is C10H21NO3. The smallest absolute Gasteiger partial charge is 0.122 e. The van der Waals surface area contributed by atoms with E-state index in [0.717, 1.165) is 6.29 Å². The van der Waals surface area contributed by atoms with E-state index in [1.807, 2.05) is 20.8 Å². The molecule has 0 aliphatic rings. The molecule has 2 N–H and O–H groups in total. The lowest BCUT2D eigenvalue weighted by atomic mass is 10.1. The van der Waals surface area contributed by atoms with Gasteiger partial charge < -0.3 is 20.0 Å². The van der Waals surface area contributed by atoms with Crippen LogP contribution in [0.2, 0.25) is 0 Å². The highest BCUT2D eigenvalue weighted by atomic mass is 16.5. The van der Waals surface area contributed by atoms with Crippen molar-refractivity contribution < 1.29 is 14.3 Å². The standard InChI is InChI=1S/C10H21NO3/c1-9(4-6-12)13-8-10(2,3)14-7-5-11/h6,9H,4-5,7-8,11H2,1-3H3. The molecule has 0 aromatic rings. The molecule has 4 nitrogen and oxygen atoms in total. The van der Waals surface area contributed by atoms with Crippen molar-refractivity contribution in [2.75, 3.05) is 19.8 Å². The van der Waals surface area contributed by atoms with E-state index < -0.39 is 0 Å². The van der Waals surface area contributed by atoms with Gasteiger partial charge in [-0.15, -0.1) is 0 Å². The van der Waals surface area contributed by atoms with Crippen LogP contribution >= 0.6 is 0 Å². The molecule has 0 saturated heterocycles. The molecule has 1 atom stereocenters. The summed E-state index contributed by atoms with van der Waals surface area (Å²) in [6.07, 6.45) is 1.24. The van der Waals surface area contributed by atoms with Crippen molar-refractivity contribution in [3.63, 3.8) is 0 Å². The summed E-state index contributed by atoms with van der Waals surface area (Å²) in [5, 5.41) is 0. The lowest BCUT2D eigenvalue weighted by Crippen LogP contribution is -2.34. The lowest BCUT2D eigenvalue weighted by molar-refractivity contribution is -0.114. The maximum absolute atomic E-state index is 10.2. The highest BCUT2D eigenvalue weighted by molar-refractivity contribution is 5.49. The Bertz CT molecular complexity index is 159. The Kier molecular flexibility index (Phi) is 6.70. The normalized spacial score (nSPS) is 14.0. The predicted octanol–water partition coefficient (Wildman–Crippen LogP) is 0.734. The third-order valence-electron chi connectivity index (χ3n) is 1.75. The van der Waals surface area contributed by atoms with Crippen molar-refractivity contribution in [1.29, 1.82) is 0 Å². The van der Waals surface area contributed by atoms with Crippen molar-refractivity contribution in [3.8, 4) is 0 Å². The Hall–Kier alpha value is -0.450. The summed E-state index contributed by atoms with van der Waals surface area (Å²) < 4.78 is 10.9. The largest absolute Gasteiger partial charge is 0.375 e. The van der Waals surface area contributed by atoms with Crippen molar-refractivity contribution >= 4 is 6.29 Å². The summed E-state index contributed by atoms with van der Waals surface area (Å²) >= 11 is 0. The first-order valence-corrected chi connectivity index (χ1v) is 4.91. The van der Waals surface area contributed by atoms with Crippen LogP contribution in [0, 0.1) is 0 Å². The van der Waals surface area contributed by atoms with E-state index in [2.05, 4.69) is 0 Å². The summed E-state index contributed by atoms with van der Waals surface area (Å²) in [7, 11) is 0. The number of ether oxygens (including phenoxy) is 2. The number of nitrogens with two attached hydrogens (primary N) is 1. The second kappa shape index (κ2) is 6.92. The number of hydrogen-bond donors (Lipinski definition) is 1. The monoisotopic (exact) mass is 203 g/mol. The Morgan fingerprint density at radius 3 is 2.64 bits per heavy atom. The van der Waals surface area contributed by atoms with Crippen LogP contribution in [0.1, 0.15) is 27.2 Å². The molecule has 0 saturated carbocycles. The zero-order valence-electron chi connectivity index (χ0n) is 9.29. The van der Waals surface area contributed by atoms with Gasteiger partial charge in [-0.25, -0.2) is 0 Å². The maximum Gasteiger partial charge on any atom is 0.122 e. The zero-order valence-corrected chi connectivity index (χ0v) is 9.29. The van der Waals surface area contributed by atoms with Gasteiger partial charge in [-0.1, -0.05) is 0 Å². The van der Waals surface area contributed by atoms with Gasteiger partial charge in [0.2, 0.25) is 0 Å². The Labute approximate surface area is 85.8 Å². The minimum absolute atomic E-state index is 0.0479. The number of aldehydes is 1. The van der Waals surface area contributed by atoms with Crippen LogP contribution in [0.5, 0.6) is 0 Å². The van der Waals surface area contributed by atoms with E-state index in [4.69, 9.17) is 15.2 Å². The van der Waals surface area contributed by atoms with Gasteiger partial charge in [0.15, 0.2) is 0 Å². The second-order valence-electron chi connectivity index (χ2n) is 3.92. The summed E-state index contributed by atoms with van der Waals surface area (Å²) in [5.41, 5.74) is 4.99. The van der Waals surface area contributed by atoms with E-state index in [1.165, 1.54) is 0 Å². The molecule has 0 spiro atoms. The minimum Gasteiger partial charge on any atom is -0.375 e. The molecule has 0 aromatic heterocycles. The Balaban J connectivity index is 3.68. The molecule has 1 unspecified atom stereocenters. The van der Waals surface area contributed by atoms with E-state index in [1.54, 1.807) is 0 Å². The van der Waals surface area contributed by atoms with E-state index in [0.29, 0.717) is 26.2 Å². The van der Waals surface area contributed by atoms with Gasteiger partial charge in [0.1, 0.15) is 6.29 Å². The average molecular weight is 203 g/mol. The van der Waals surface area contributed by atoms with Crippen LogP contribution in [0.3, 0.4) is 0 Å². The number of rotatable bonds is 8. The molecule has 0 amide bonds. The summed E-state index contributed by atoms with van der Waals surface area (Å²) in [6, 6.07) is 0. The number of carbonyl (C=O) groups excluding carboxylic acids is 1. The first-order valence-electron chi connectivity index (χ1n) is 4.91. The summed E-state index contributed by atoms with van der Waals surface area (Å²) in [6.45, 7) is 7.26. The van der Waals surface area contributed by atoms with Gasteiger partial charge in [-0.05, 0) is 20.8 Å². The van der Waals surface area contributed by atoms with Crippen LogP contribution in [-0.2, 0) is 14.3 Å². The van der Waals surface area contributed by atoms with Crippen molar-refractivity contribution in [1.82, 2.24) is 0 Å². The molecule has 0 radical (unpaired) electrons. The minimum atomic E-state index is -0.337. The van der Waals surface area contributed by atoms with Gasteiger partial charge in [0.25, 0.3) is 0 Å². The van der Waals surface area contributed by atoms with Gasteiger partial charge in [0.05, 0.1) is 24.9 Å². The Morgan fingerprint density at radius 2 is 2.14 bits per heavy atom. The van der Waals surface area contributed by atoms with Crippen LogP contribution in [0.4, 0.5) is 0 Å². The first-order chi connectivity index (χ1) is 6.52. The highest BCUT2D eigenvalue weighted by Crippen LogP contribution is 2.11. The molecular weight excluding hydrogens is 182 g/mol. The van der Waals surface area contributed by atoms with Crippen LogP contribution in [0.25, 0.3) is 0 Å². The lowest BCUT2D eigenvalue weighted by Gasteiger charge is -2.26. The van der Waals surface area contributed by atoms with Crippen LogP contribution < -0.4 is 5.73 Å². The predicted molar refractivity (Wildman–Crippen MR) is 55.2 cm³/mol. The fraction of sp³-hybridized carbons (Fsp3) is 0.900. The molecule has 0 rings (SSSR count). The molecule has 0 fully saturated rings. The van der Waals surface area contributed by atoms with Gasteiger partial charge >= 0.3 is 0 Å². The molecule has 0 aliphatic heterocycles. The number of carbonyl (C=O) groups is 1. The first kappa shape index (κ1) is 13.5. The maximum atomic E-state index is 10.2. The third kappa shape index (κ3) is 7.00.